The average molecular weight is 563 g/mol. The number of amides is 2. The summed E-state index contributed by atoms with van der Waals surface area (Å²) in [5.41, 5.74) is 0.0493. The fourth-order valence-electron chi connectivity index (χ4n) is 3.64. The Kier molecular flexibility index (Phi) is 8.98. The molecule has 1 unspecified atom stereocenters. The van der Waals surface area contributed by atoms with Crippen molar-refractivity contribution >= 4 is 19.4 Å². The molecule has 0 aliphatic heterocycles. The maximum Gasteiger partial charge on any atom is 0.457 e. The zero-order valence-corrected chi connectivity index (χ0v) is 22.4. The van der Waals surface area contributed by atoms with Crippen LogP contribution in [0.25, 0.3) is 0 Å². The highest BCUT2D eigenvalue weighted by atomic mass is 31.2. The van der Waals surface area contributed by atoms with Gasteiger partial charge in [-0.2, -0.15) is 0 Å². The lowest BCUT2D eigenvalue weighted by Gasteiger charge is -2.28. The lowest BCUT2D eigenvalue weighted by Crippen LogP contribution is -2.41. The molecule has 0 saturated carbocycles. The van der Waals surface area contributed by atoms with E-state index in [-0.39, 0.29) is 11.5 Å². The van der Waals surface area contributed by atoms with Crippen LogP contribution < -0.4 is 30.9 Å². The highest BCUT2D eigenvalue weighted by molar-refractivity contribution is 7.55. The summed E-state index contributed by atoms with van der Waals surface area (Å²) in [6.45, 7) is 0.980. The third-order valence-corrected chi connectivity index (χ3v) is 7.61. The van der Waals surface area contributed by atoms with Crippen LogP contribution in [0.15, 0.2) is 107 Å². The molecule has 0 aliphatic carbocycles. The number of aryl methyl sites for hydroxylation is 1. The van der Waals surface area contributed by atoms with E-state index in [4.69, 9.17) is 9.05 Å². The Morgan fingerprint density at radius 1 is 0.850 bits per heavy atom. The van der Waals surface area contributed by atoms with E-state index in [2.05, 4.69) is 10.6 Å². The van der Waals surface area contributed by atoms with Crippen LogP contribution in [0.1, 0.15) is 16.9 Å². The molecule has 0 fully saturated rings. The van der Waals surface area contributed by atoms with Crippen molar-refractivity contribution in [3.63, 3.8) is 0 Å². The Morgan fingerprint density at radius 2 is 1.43 bits per heavy atom. The van der Waals surface area contributed by atoms with Crippen molar-refractivity contribution in [1.29, 1.82) is 0 Å². The number of nitrogens with one attached hydrogen (secondary N) is 3. The normalized spacial score (nSPS) is 11.7. The second-order valence-corrected chi connectivity index (χ2v) is 10.7. The zero-order chi connectivity index (χ0) is 28.5. The van der Waals surface area contributed by atoms with Crippen molar-refractivity contribution < 1.29 is 23.2 Å². The highest BCUT2D eigenvalue weighted by Gasteiger charge is 2.42. The maximum absolute atomic E-state index is 14.5. The second kappa shape index (κ2) is 12.8. The van der Waals surface area contributed by atoms with Crippen molar-refractivity contribution in [3.05, 3.63) is 129 Å². The van der Waals surface area contributed by atoms with Crippen molar-refractivity contribution in [2.24, 2.45) is 0 Å². The molecule has 0 radical (unpaired) electrons. The first-order valence-electron chi connectivity index (χ1n) is 12.2. The number of nitrogens with zero attached hydrogens (tertiary/aromatic N) is 1. The molecule has 4 aromatic rings. The summed E-state index contributed by atoms with van der Waals surface area (Å²) in [6.07, 6.45) is 1.17. The molecule has 1 heterocycles. The minimum Gasteiger partial charge on any atom is -0.414 e. The van der Waals surface area contributed by atoms with Crippen LogP contribution in [-0.2, 0) is 20.7 Å². The number of carbonyl (C=O) groups is 2. The van der Waals surface area contributed by atoms with E-state index in [0.29, 0.717) is 5.56 Å². The lowest BCUT2D eigenvalue weighted by molar-refractivity contribution is -0.126. The SMILES string of the molecule is Cc1ccc(C(NC(=O)CNC(=O)Cn2ccc(=O)[nH]c2=O)P(=O)(Oc2ccccc2)Oc2ccccc2)cc1. The topological polar surface area (TPSA) is 149 Å². The van der Waals surface area contributed by atoms with Crippen LogP contribution >= 0.6 is 7.60 Å². The van der Waals surface area contributed by atoms with Crippen molar-refractivity contribution in [1.82, 2.24) is 20.2 Å². The molecule has 0 spiro atoms. The molecule has 0 bridgehead atoms. The van der Waals surface area contributed by atoms with E-state index < -0.39 is 49.5 Å². The average Bonchev–Trinajstić information content (AvgIpc) is 2.94. The number of rotatable bonds is 11. The minimum atomic E-state index is -4.20. The molecule has 3 N–H and O–H groups in total. The first kappa shape index (κ1) is 28.1. The molecule has 11 nitrogen and oxygen atoms in total. The Labute approximate surface area is 229 Å². The van der Waals surface area contributed by atoms with Gasteiger partial charge in [0.25, 0.3) is 5.56 Å². The molecule has 1 atom stereocenters. The Balaban J connectivity index is 1.58. The fraction of sp³-hybridized carbons (Fsp3) is 0.143. The van der Waals surface area contributed by atoms with Crippen LogP contribution in [0.5, 0.6) is 11.5 Å². The summed E-state index contributed by atoms with van der Waals surface area (Å²) in [5.74, 6) is -2.04. The van der Waals surface area contributed by atoms with Crippen molar-refractivity contribution in [3.8, 4) is 11.5 Å². The van der Waals surface area contributed by atoms with E-state index in [1.54, 1.807) is 84.9 Å². The number of para-hydroxylation sites is 2. The monoisotopic (exact) mass is 562 g/mol. The summed E-state index contributed by atoms with van der Waals surface area (Å²) in [4.78, 5) is 50.5. The Morgan fingerprint density at radius 3 is 1.98 bits per heavy atom. The molecule has 4 rings (SSSR count). The Hall–Kier alpha value is -4.89. The van der Waals surface area contributed by atoms with E-state index in [1.165, 1.54) is 6.20 Å². The second-order valence-electron chi connectivity index (χ2n) is 8.74. The van der Waals surface area contributed by atoms with Gasteiger partial charge in [0, 0.05) is 12.3 Å². The van der Waals surface area contributed by atoms with Crippen LogP contribution in [0, 0.1) is 6.92 Å². The molecule has 206 valence electrons. The number of hydrogen-bond donors (Lipinski definition) is 3. The van der Waals surface area contributed by atoms with Crippen LogP contribution in [0.2, 0.25) is 0 Å². The standard InChI is InChI=1S/C28H27N4O7P/c1-20-12-14-21(15-13-20)27(30-25(34)18-29-26(35)19-32-17-16-24(33)31-28(32)36)40(37,38-22-8-4-2-5-9-22)39-23-10-6-3-7-11-23/h2-17,27H,18-19H2,1H3,(H,29,35)(H,30,34)(H,31,33,36). The number of carbonyl (C=O) groups excluding carboxylic acids is 2. The minimum absolute atomic E-state index is 0.271. The largest absolute Gasteiger partial charge is 0.457 e. The van der Waals surface area contributed by atoms with E-state index in [0.717, 1.165) is 16.2 Å². The van der Waals surface area contributed by atoms with Gasteiger partial charge in [-0.1, -0.05) is 66.2 Å². The third kappa shape index (κ3) is 7.58. The van der Waals surface area contributed by atoms with E-state index in [9.17, 15) is 23.7 Å². The van der Waals surface area contributed by atoms with Crippen LogP contribution in [-0.4, -0.2) is 27.9 Å². The van der Waals surface area contributed by atoms with Gasteiger partial charge in [-0.05, 0) is 36.8 Å². The van der Waals surface area contributed by atoms with Gasteiger partial charge in [-0.15, -0.1) is 0 Å². The molecule has 0 aliphatic rings. The molecule has 40 heavy (non-hydrogen) atoms. The first-order chi connectivity index (χ1) is 19.2. The molecule has 3 aromatic carbocycles. The van der Waals surface area contributed by atoms with E-state index in [1.807, 2.05) is 11.9 Å². The molecule has 2 amide bonds. The van der Waals surface area contributed by atoms with Gasteiger partial charge in [0.2, 0.25) is 11.8 Å². The number of aromatic nitrogens is 2. The molecule has 12 heteroatoms. The maximum atomic E-state index is 14.5. The van der Waals surface area contributed by atoms with Gasteiger partial charge in [0.05, 0.1) is 6.54 Å². The summed E-state index contributed by atoms with van der Waals surface area (Å²) >= 11 is 0. The van der Waals surface area contributed by atoms with Crippen molar-refractivity contribution in [2.75, 3.05) is 6.54 Å². The quantitative estimate of drug-likeness (QED) is 0.238. The van der Waals surface area contributed by atoms with E-state index >= 15 is 0 Å². The van der Waals surface area contributed by atoms with Gasteiger partial charge in [-0.3, -0.25) is 23.9 Å². The Bertz CT molecular complexity index is 1570. The smallest absolute Gasteiger partial charge is 0.414 e. The fourth-order valence-corrected chi connectivity index (χ4v) is 5.55. The van der Waals surface area contributed by atoms with Crippen LogP contribution in [0.3, 0.4) is 0 Å². The zero-order valence-electron chi connectivity index (χ0n) is 21.5. The predicted octanol–water partition coefficient (Wildman–Crippen LogP) is 3.13. The van der Waals surface area contributed by atoms with Gasteiger partial charge in [0.15, 0.2) is 5.78 Å². The molecule has 1 aromatic heterocycles. The van der Waals surface area contributed by atoms with Gasteiger partial charge < -0.3 is 19.7 Å². The highest BCUT2D eigenvalue weighted by Crippen LogP contribution is 2.58. The van der Waals surface area contributed by atoms with Crippen molar-refractivity contribution in [2.45, 2.75) is 19.3 Å². The summed E-state index contributed by atoms with van der Waals surface area (Å²) < 4.78 is 27.4. The number of benzene rings is 3. The molecular weight excluding hydrogens is 535 g/mol. The lowest BCUT2D eigenvalue weighted by atomic mass is 10.1. The summed E-state index contributed by atoms with van der Waals surface area (Å²) in [7, 11) is -4.20. The predicted molar refractivity (Wildman–Crippen MR) is 148 cm³/mol. The van der Waals surface area contributed by atoms with Gasteiger partial charge in [-0.25, -0.2) is 9.36 Å². The summed E-state index contributed by atoms with van der Waals surface area (Å²) in [6, 6.07) is 25.0. The van der Waals surface area contributed by atoms with Crippen LogP contribution in [0.4, 0.5) is 0 Å². The van der Waals surface area contributed by atoms with Gasteiger partial charge in [0.1, 0.15) is 18.0 Å². The van der Waals surface area contributed by atoms with Gasteiger partial charge >= 0.3 is 13.3 Å². The molecular formula is C28H27N4O7P. The molecule has 0 saturated heterocycles. The third-order valence-electron chi connectivity index (χ3n) is 5.62. The first-order valence-corrected chi connectivity index (χ1v) is 13.8. The number of aromatic amines is 1. The summed E-state index contributed by atoms with van der Waals surface area (Å²) in [5, 5.41) is 5.10. The number of H-pyrrole nitrogens is 1. The number of hydrogen-bond acceptors (Lipinski definition) is 7.